The molecule has 0 saturated carbocycles. The molecular formula is C8H8F6N2. The standard InChI is InChI=1S/C8H8F6N2/c9-7(10,11)6(8(12,13)14)1-3-16(5-6)4-2-15/h1,3-5H2. The maximum Gasteiger partial charge on any atom is 0.404 e. The molecule has 0 aromatic rings. The third kappa shape index (κ3) is 1.96. The highest BCUT2D eigenvalue weighted by Gasteiger charge is 2.72. The Labute approximate surface area is 87.4 Å². The average molecular weight is 246 g/mol. The van der Waals surface area contributed by atoms with Crippen LogP contribution in [0.2, 0.25) is 0 Å². The summed E-state index contributed by atoms with van der Waals surface area (Å²) in [6, 6.07) is 1.54. The second-order valence-electron chi connectivity index (χ2n) is 3.70. The second kappa shape index (κ2) is 3.80. The zero-order valence-corrected chi connectivity index (χ0v) is 7.99. The predicted octanol–water partition coefficient (Wildman–Crippen LogP) is 2.33. The molecule has 0 amide bonds. The van der Waals surface area contributed by atoms with Crippen molar-refractivity contribution in [2.45, 2.75) is 18.8 Å². The summed E-state index contributed by atoms with van der Waals surface area (Å²) >= 11 is 0. The molecule has 1 aliphatic rings. The van der Waals surface area contributed by atoms with Crippen molar-refractivity contribution >= 4 is 0 Å². The van der Waals surface area contributed by atoms with E-state index in [1.165, 1.54) is 0 Å². The summed E-state index contributed by atoms with van der Waals surface area (Å²) in [7, 11) is 0. The first-order valence-corrected chi connectivity index (χ1v) is 4.37. The maximum atomic E-state index is 12.5. The molecule has 0 spiro atoms. The molecule has 0 N–H and O–H groups in total. The topological polar surface area (TPSA) is 27.0 Å². The van der Waals surface area contributed by atoms with Crippen LogP contribution in [0.5, 0.6) is 0 Å². The quantitative estimate of drug-likeness (QED) is 0.524. The summed E-state index contributed by atoms with van der Waals surface area (Å²) in [4.78, 5) is 0.862. The smallest absolute Gasteiger partial charge is 0.289 e. The van der Waals surface area contributed by atoms with Crippen LogP contribution in [0.3, 0.4) is 0 Å². The number of rotatable bonds is 1. The average Bonchev–Trinajstić information content (AvgIpc) is 2.47. The van der Waals surface area contributed by atoms with E-state index in [-0.39, 0.29) is 6.54 Å². The lowest BCUT2D eigenvalue weighted by molar-refractivity contribution is -0.335. The number of halogens is 6. The maximum absolute atomic E-state index is 12.5. The first-order chi connectivity index (χ1) is 7.14. The minimum Gasteiger partial charge on any atom is -0.289 e. The first-order valence-electron chi connectivity index (χ1n) is 4.37. The van der Waals surface area contributed by atoms with Gasteiger partial charge in [-0.05, 0) is 6.42 Å². The van der Waals surface area contributed by atoms with E-state index in [4.69, 9.17) is 5.26 Å². The van der Waals surface area contributed by atoms with Gasteiger partial charge >= 0.3 is 12.4 Å². The second-order valence-corrected chi connectivity index (χ2v) is 3.70. The minimum absolute atomic E-state index is 0.368. The fraction of sp³-hybridized carbons (Fsp3) is 0.875. The van der Waals surface area contributed by atoms with Gasteiger partial charge in [-0.2, -0.15) is 31.6 Å². The zero-order chi connectivity index (χ0) is 12.6. The largest absolute Gasteiger partial charge is 0.404 e. The SMILES string of the molecule is N#CCN1CCC(C(F)(F)F)(C(F)(F)F)C1. The minimum atomic E-state index is -5.34. The van der Waals surface area contributed by atoms with E-state index in [1.807, 2.05) is 0 Å². The normalized spacial score (nSPS) is 22.1. The number of hydrogen-bond donors (Lipinski definition) is 0. The summed E-state index contributed by atoms with van der Waals surface area (Å²) in [6.45, 7) is -1.98. The van der Waals surface area contributed by atoms with Gasteiger partial charge in [0.15, 0.2) is 5.41 Å². The summed E-state index contributed by atoms with van der Waals surface area (Å²) < 4.78 is 75.0. The molecule has 8 heteroatoms. The van der Waals surface area contributed by atoms with Crippen molar-refractivity contribution < 1.29 is 26.3 Å². The van der Waals surface area contributed by atoms with Gasteiger partial charge < -0.3 is 0 Å². The van der Waals surface area contributed by atoms with Crippen LogP contribution in [0.1, 0.15) is 6.42 Å². The van der Waals surface area contributed by atoms with E-state index in [2.05, 4.69) is 0 Å². The highest BCUT2D eigenvalue weighted by atomic mass is 19.4. The van der Waals surface area contributed by atoms with Gasteiger partial charge in [0.1, 0.15) is 0 Å². The highest BCUT2D eigenvalue weighted by Crippen LogP contribution is 2.55. The van der Waals surface area contributed by atoms with Gasteiger partial charge in [0.2, 0.25) is 0 Å². The third-order valence-corrected chi connectivity index (χ3v) is 2.73. The Morgan fingerprint density at radius 2 is 1.62 bits per heavy atom. The van der Waals surface area contributed by atoms with Crippen molar-refractivity contribution in [1.82, 2.24) is 4.90 Å². The molecule has 92 valence electrons. The van der Waals surface area contributed by atoms with Crippen LogP contribution in [0, 0.1) is 16.7 Å². The molecule has 1 fully saturated rings. The van der Waals surface area contributed by atoms with Crippen molar-refractivity contribution in [3.05, 3.63) is 0 Å². The van der Waals surface area contributed by atoms with Crippen molar-refractivity contribution in [1.29, 1.82) is 5.26 Å². The molecule has 2 nitrogen and oxygen atoms in total. The van der Waals surface area contributed by atoms with Gasteiger partial charge in [-0.3, -0.25) is 4.90 Å². The van der Waals surface area contributed by atoms with Gasteiger partial charge in [-0.1, -0.05) is 0 Å². The van der Waals surface area contributed by atoms with Crippen LogP contribution >= 0.6 is 0 Å². The van der Waals surface area contributed by atoms with Crippen molar-refractivity contribution in [2.24, 2.45) is 5.41 Å². The van der Waals surface area contributed by atoms with Crippen molar-refractivity contribution in [3.8, 4) is 6.07 Å². The van der Waals surface area contributed by atoms with Crippen LogP contribution in [0.15, 0.2) is 0 Å². The molecule has 1 aliphatic heterocycles. The summed E-state index contributed by atoms with van der Waals surface area (Å²) in [5.74, 6) is 0. The Balaban J connectivity index is 2.99. The van der Waals surface area contributed by atoms with Gasteiger partial charge in [0, 0.05) is 13.1 Å². The molecular weight excluding hydrogens is 238 g/mol. The molecule has 0 aromatic heterocycles. The monoisotopic (exact) mass is 246 g/mol. The number of hydrogen-bond acceptors (Lipinski definition) is 2. The molecule has 0 aliphatic carbocycles. The fourth-order valence-corrected chi connectivity index (χ4v) is 1.75. The van der Waals surface area contributed by atoms with Gasteiger partial charge in [-0.15, -0.1) is 0 Å². The van der Waals surface area contributed by atoms with Crippen LogP contribution in [0.25, 0.3) is 0 Å². The Kier molecular flexibility index (Phi) is 3.11. The lowest BCUT2D eigenvalue weighted by Crippen LogP contribution is -2.51. The lowest BCUT2D eigenvalue weighted by Gasteiger charge is -2.33. The molecule has 1 rings (SSSR count). The number of alkyl halides is 6. The summed E-state index contributed by atoms with van der Waals surface area (Å²) in [6.07, 6.45) is -11.7. The zero-order valence-electron chi connectivity index (χ0n) is 7.99. The summed E-state index contributed by atoms with van der Waals surface area (Å²) in [5.41, 5.74) is -3.68. The van der Waals surface area contributed by atoms with Crippen LogP contribution in [0.4, 0.5) is 26.3 Å². The Morgan fingerprint density at radius 3 is 1.94 bits per heavy atom. The van der Waals surface area contributed by atoms with E-state index < -0.39 is 37.3 Å². The van der Waals surface area contributed by atoms with Crippen LogP contribution in [-0.2, 0) is 0 Å². The molecule has 0 bridgehead atoms. The van der Waals surface area contributed by atoms with Crippen molar-refractivity contribution in [2.75, 3.05) is 19.6 Å². The number of nitriles is 1. The summed E-state index contributed by atoms with van der Waals surface area (Å²) in [5, 5.41) is 8.25. The van der Waals surface area contributed by atoms with Gasteiger partial charge in [0.05, 0.1) is 12.6 Å². The predicted molar refractivity (Wildman–Crippen MR) is 41.2 cm³/mol. The van der Waals surface area contributed by atoms with Gasteiger partial charge in [0.25, 0.3) is 0 Å². The van der Waals surface area contributed by atoms with Crippen LogP contribution < -0.4 is 0 Å². The van der Waals surface area contributed by atoms with E-state index in [9.17, 15) is 26.3 Å². The molecule has 0 radical (unpaired) electrons. The molecule has 1 heterocycles. The molecule has 0 atom stereocenters. The number of likely N-dealkylation sites (tertiary alicyclic amines) is 1. The Hall–Kier alpha value is -0.970. The molecule has 1 saturated heterocycles. The first kappa shape index (κ1) is 13.1. The Morgan fingerprint density at radius 1 is 1.12 bits per heavy atom. The number of nitrogens with zero attached hydrogens (tertiary/aromatic N) is 2. The highest BCUT2D eigenvalue weighted by molar-refractivity contribution is 5.01. The van der Waals surface area contributed by atoms with E-state index in [0.717, 1.165) is 4.90 Å². The molecule has 0 aromatic carbocycles. The molecule has 0 unspecified atom stereocenters. The van der Waals surface area contributed by atoms with E-state index in [0.29, 0.717) is 0 Å². The fourth-order valence-electron chi connectivity index (χ4n) is 1.75. The van der Waals surface area contributed by atoms with Crippen LogP contribution in [-0.4, -0.2) is 36.9 Å². The van der Waals surface area contributed by atoms with E-state index >= 15 is 0 Å². The van der Waals surface area contributed by atoms with Crippen molar-refractivity contribution in [3.63, 3.8) is 0 Å². The lowest BCUT2D eigenvalue weighted by atomic mass is 9.85. The molecule has 16 heavy (non-hydrogen) atoms. The van der Waals surface area contributed by atoms with Gasteiger partial charge in [-0.25, -0.2) is 0 Å². The third-order valence-electron chi connectivity index (χ3n) is 2.73. The Bertz CT molecular complexity index is 285. The van der Waals surface area contributed by atoms with E-state index in [1.54, 1.807) is 6.07 Å².